The van der Waals surface area contributed by atoms with Crippen molar-refractivity contribution in [3.05, 3.63) is 56.5 Å². The van der Waals surface area contributed by atoms with Crippen molar-refractivity contribution in [3.63, 3.8) is 0 Å². The first kappa shape index (κ1) is 16.6. The fraction of sp³-hybridized carbons (Fsp3) is 0.235. The fourth-order valence-corrected chi connectivity index (χ4v) is 4.04. The highest BCUT2D eigenvalue weighted by Crippen LogP contribution is 2.36. The minimum atomic E-state index is -0.0879. The van der Waals surface area contributed by atoms with E-state index in [1.54, 1.807) is 17.0 Å². The topological polar surface area (TPSA) is 29.5 Å². The van der Waals surface area contributed by atoms with Crippen molar-refractivity contribution in [1.29, 1.82) is 0 Å². The van der Waals surface area contributed by atoms with Gasteiger partial charge in [-0.05, 0) is 52.5 Å². The van der Waals surface area contributed by atoms with Crippen molar-refractivity contribution >= 4 is 50.7 Å². The molecule has 0 saturated heterocycles. The summed E-state index contributed by atoms with van der Waals surface area (Å²) < 4.78 is 6.25. The van der Waals surface area contributed by atoms with Crippen molar-refractivity contribution in [2.75, 3.05) is 18.1 Å². The molecule has 1 amide bonds. The van der Waals surface area contributed by atoms with Gasteiger partial charge >= 0.3 is 0 Å². The number of fused-ring (bicyclic) bond motifs is 1. The van der Waals surface area contributed by atoms with Crippen LogP contribution in [0.15, 0.2) is 40.9 Å². The van der Waals surface area contributed by atoms with Gasteiger partial charge in [-0.1, -0.05) is 41.4 Å². The van der Waals surface area contributed by atoms with Crippen molar-refractivity contribution in [2.24, 2.45) is 0 Å². The van der Waals surface area contributed by atoms with Crippen LogP contribution in [-0.4, -0.2) is 19.1 Å². The Morgan fingerprint density at radius 2 is 2.04 bits per heavy atom. The molecular weight excluding hydrogens is 401 g/mol. The van der Waals surface area contributed by atoms with E-state index < -0.39 is 0 Å². The Kier molecular flexibility index (Phi) is 5.14. The lowest BCUT2D eigenvalue weighted by atomic mass is 10.0. The van der Waals surface area contributed by atoms with Crippen LogP contribution in [0.3, 0.4) is 0 Å². The third-order valence-corrected chi connectivity index (χ3v) is 4.80. The maximum absolute atomic E-state index is 12.5. The molecule has 0 N–H and O–H groups in total. The Bertz CT molecular complexity index is 728. The number of aryl methyl sites for hydroxylation is 1. The summed E-state index contributed by atoms with van der Waals surface area (Å²) in [4.78, 5) is 14.3. The maximum atomic E-state index is 12.5. The summed E-state index contributed by atoms with van der Waals surface area (Å²) in [5.41, 5.74) is 2.16. The third-order valence-electron chi connectivity index (χ3n) is 3.71. The van der Waals surface area contributed by atoms with Crippen molar-refractivity contribution in [3.8, 4) is 5.75 Å². The van der Waals surface area contributed by atoms with Crippen molar-refractivity contribution < 1.29 is 9.53 Å². The molecule has 23 heavy (non-hydrogen) atoms. The van der Waals surface area contributed by atoms with Crippen molar-refractivity contribution in [2.45, 2.75) is 12.8 Å². The molecule has 3 rings (SSSR count). The largest absolute Gasteiger partial charge is 0.481 e. The monoisotopic (exact) mass is 413 g/mol. The molecular formula is C17H14BrCl2NO2. The Labute approximate surface area is 153 Å². The number of hydrogen-bond acceptors (Lipinski definition) is 2. The molecule has 6 heteroatoms. The smallest absolute Gasteiger partial charge is 0.264 e. The van der Waals surface area contributed by atoms with E-state index in [1.807, 2.05) is 18.2 Å². The number of carbonyl (C=O) groups is 1. The fourth-order valence-electron chi connectivity index (χ4n) is 2.67. The second-order valence-corrected chi connectivity index (χ2v) is 6.96. The van der Waals surface area contributed by atoms with E-state index in [2.05, 4.69) is 22.0 Å². The third kappa shape index (κ3) is 3.65. The van der Waals surface area contributed by atoms with Crippen LogP contribution in [0.4, 0.5) is 5.69 Å². The predicted octanol–water partition coefficient (Wildman–Crippen LogP) is 5.11. The number of halogens is 3. The number of nitrogens with zero attached hydrogens (tertiary/aromatic N) is 1. The molecule has 1 aliphatic rings. The molecule has 0 fully saturated rings. The Hall–Kier alpha value is -1.23. The molecule has 120 valence electrons. The van der Waals surface area contributed by atoms with E-state index in [4.69, 9.17) is 27.9 Å². The summed E-state index contributed by atoms with van der Waals surface area (Å²) in [5.74, 6) is 0.338. The molecule has 0 saturated carbocycles. The van der Waals surface area contributed by atoms with Crippen molar-refractivity contribution in [1.82, 2.24) is 0 Å². The average molecular weight is 415 g/mol. The molecule has 0 aliphatic carbocycles. The molecule has 0 radical (unpaired) electrons. The first-order chi connectivity index (χ1) is 11.1. The molecule has 3 nitrogen and oxygen atoms in total. The van der Waals surface area contributed by atoms with Gasteiger partial charge in [0.15, 0.2) is 12.4 Å². The van der Waals surface area contributed by atoms with Gasteiger partial charge in [-0.25, -0.2) is 0 Å². The van der Waals surface area contributed by atoms with Crippen LogP contribution in [0.1, 0.15) is 12.0 Å². The van der Waals surface area contributed by atoms with Gasteiger partial charge in [0.2, 0.25) is 0 Å². The summed E-state index contributed by atoms with van der Waals surface area (Å²) in [6.45, 7) is 0.628. The Morgan fingerprint density at radius 3 is 2.83 bits per heavy atom. The van der Waals surface area contributed by atoms with Gasteiger partial charge in [-0.15, -0.1) is 0 Å². The number of anilines is 1. The SMILES string of the molecule is O=C(COc1c(Cl)cc(Cl)cc1Br)N1CCCc2ccccc21. The van der Waals surface area contributed by atoms with Gasteiger partial charge in [0.05, 0.1) is 9.50 Å². The van der Waals surface area contributed by atoms with Crippen LogP contribution in [0.2, 0.25) is 10.0 Å². The van der Waals surface area contributed by atoms with Crippen LogP contribution in [0.25, 0.3) is 0 Å². The first-order valence-electron chi connectivity index (χ1n) is 7.22. The molecule has 0 bridgehead atoms. The molecule has 0 spiro atoms. The van der Waals surface area contributed by atoms with Gasteiger partial charge in [-0.3, -0.25) is 4.79 Å². The lowest BCUT2D eigenvalue weighted by Gasteiger charge is -2.29. The van der Waals surface area contributed by atoms with E-state index in [-0.39, 0.29) is 12.5 Å². The second kappa shape index (κ2) is 7.12. The van der Waals surface area contributed by atoms with Crippen LogP contribution in [0.5, 0.6) is 5.75 Å². The number of amides is 1. The highest BCUT2D eigenvalue weighted by atomic mass is 79.9. The molecule has 1 aliphatic heterocycles. The zero-order valence-electron chi connectivity index (χ0n) is 12.2. The summed E-state index contributed by atoms with van der Waals surface area (Å²) in [5, 5.41) is 0.877. The Balaban J connectivity index is 1.74. The highest BCUT2D eigenvalue weighted by Gasteiger charge is 2.23. The van der Waals surface area contributed by atoms with Gasteiger partial charge in [0, 0.05) is 17.3 Å². The summed E-state index contributed by atoms with van der Waals surface area (Å²) in [7, 11) is 0. The van der Waals surface area contributed by atoms with Crippen LogP contribution >= 0.6 is 39.1 Å². The number of ether oxygens (including phenoxy) is 1. The van der Waals surface area contributed by atoms with E-state index in [9.17, 15) is 4.79 Å². The molecule has 1 heterocycles. The standard InChI is InChI=1S/C17H14BrCl2NO2/c18-13-8-12(19)9-14(20)17(13)23-10-16(22)21-7-3-5-11-4-1-2-6-15(11)21/h1-2,4,6,8-9H,3,5,7,10H2. The minimum Gasteiger partial charge on any atom is -0.481 e. The number of hydrogen-bond donors (Lipinski definition) is 0. The molecule has 2 aromatic rings. The lowest BCUT2D eigenvalue weighted by Crippen LogP contribution is -2.38. The summed E-state index contributed by atoms with van der Waals surface area (Å²) in [6, 6.07) is 11.2. The quantitative estimate of drug-likeness (QED) is 0.697. The maximum Gasteiger partial charge on any atom is 0.264 e. The Morgan fingerprint density at radius 1 is 1.26 bits per heavy atom. The first-order valence-corrected chi connectivity index (χ1v) is 8.77. The second-order valence-electron chi connectivity index (χ2n) is 5.26. The number of carbonyl (C=O) groups excluding carboxylic acids is 1. The van der Waals surface area contributed by atoms with Crippen LogP contribution in [0, 0.1) is 0 Å². The summed E-state index contributed by atoms with van der Waals surface area (Å²) >= 11 is 15.4. The molecule has 0 unspecified atom stereocenters. The molecule has 0 aromatic heterocycles. The zero-order valence-corrected chi connectivity index (χ0v) is 15.3. The number of para-hydroxylation sites is 1. The molecule has 2 aromatic carbocycles. The van der Waals surface area contributed by atoms with E-state index in [1.165, 1.54) is 5.56 Å². The number of rotatable bonds is 3. The van der Waals surface area contributed by atoms with E-state index in [0.29, 0.717) is 26.8 Å². The average Bonchev–Trinajstić information content (AvgIpc) is 2.53. The lowest BCUT2D eigenvalue weighted by molar-refractivity contribution is -0.120. The highest BCUT2D eigenvalue weighted by molar-refractivity contribution is 9.10. The van der Waals surface area contributed by atoms with E-state index in [0.717, 1.165) is 18.5 Å². The zero-order chi connectivity index (χ0) is 16.4. The number of benzene rings is 2. The van der Waals surface area contributed by atoms with Crippen LogP contribution in [-0.2, 0) is 11.2 Å². The minimum absolute atomic E-state index is 0.0751. The van der Waals surface area contributed by atoms with Gasteiger partial charge in [-0.2, -0.15) is 0 Å². The van der Waals surface area contributed by atoms with Crippen LogP contribution < -0.4 is 9.64 Å². The van der Waals surface area contributed by atoms with E-state index >= 15 is 0 Å². The predicted molar refractivity (Wildman–Crippen MR) is 96.8 cm³/mol. The molecule has 0 atom stereocenters. The normalized spacial score (nSPS) is 13.6. The summed E-state index contributed by atoms with van der Waals surface area (Å²) in [6.07, 6.45) is 1.95. The van der Waals surface area contributed by atoms with Gasteiger partial charge in [0.25, 0.3) is 5.91 Å². The van der Waals surface area contributed by atoms with Gasteiger partial charge < -0.3 is 9.64 Å². The van der Waals surface area contributed by atoms with Gasteiger partial charge in [0.1, 0.15) is 0 Å².